The highest BCUT2D eigenvalue weighted by atomic mass is 32.2. The molecule has 1 aliphatic carbocycles. The summed E-state index contributed by atoms with van der Waals surface area (Å²) in [5.74, 6) is 1.13. The summed E-state index contributed by atoms with van der Waals surface area (Å²) in [6.45, 7) is 6.09. The lowest BCUT2D eigenvalue weighted by atomic mass is 9.63. The summed E-state index contributed by atoms with van der Waals surface area (Å²) < 4.78 is 46.9. The topological polar surface area (TPSA) is 143 Å². The Balaban J connectivity index is 1.78. The molecule has 4 rings (SSSR count). The minimum absolute atomic E-state index is 0.0678. The van der Waals surface area contributed by atoms with E-state index in [4.69, 9.17) is 14.2 Å². The molecule has 1 aliphatic rings. The number of hydrogen-bond donors (Lipinski definition) is 1. The Labute approximate surface area is 210 Å². The zero-order valence-corrected chi connectivity index (χ0v) is 22.0. The number of aromatic nitrogens is 6. The van der Waals surface area contributed by atoms with E-state index in [-0.39, 0.29) is 34.6 Å². The quantitative estimate of drug-likeness (QED) is 0.426. The van der Waals surface area contributed by atoms with Gasteiger partial charge in [0.05, 0.1) is 26.6 Å². The van der Waals surface area contributed by atoms with Crippen molar-refractivity contribution in [1.29, 1.82) is 0 Å². The molecule has 12 nitrogen and oxygen atoms in total. The lowest BCUT2D eigenvalue weighted by molar-refractivity contribution is 0.0899. The molecule has 0 radical (unpaired) electrons. The molecule has 0 aromatic carbocycles. The number of nitrogens with one attached hydrogen (secondary N) is 1. The summed E-state index contributed by atoms with van der Waals surface area (Å²) in [5, 5.41) is 7.75. The average molecular weight is 518 g/mol. The predicted octanol–water partition coefficient (Wildman–Crippen LogP) is 3.10. The fourth-order valence-electron chi connectivity index (χ4n) is 4.71. The number of nitrogens with zero attached hydrogens (tertiary/aromatic N) is 6. The highest BCUT2D eigenvalue weighted by Crippen LogP contribution is 2.47. The van der Waals surface area contributed by atoms with Crippen LogP contribution < -0.4 is 18.9 Å². The first kappa shape index (κ1) is 25.6. The number of anilines is 1. The van der Waals surface area contributed by atoms with Gasteiger partial charge in [-0.2, -0.15) is 9.97 Å². The van der Waals surface area contributed by atoms with Crippen LogP contribution in [0.3, 0.4) is 0 Å². The number of ether oxygens (including phenoxy) is 3. The molecule has 3 heterocycles. The van der Waals surface area contributed by atoms with Crippen molar-refractivity contribution in [2.75, 3.05) is 26.1 Å². The van der Waals surface area contributed by atoms with E-state index in [1.807, 2.05) is 0 Å². The fourth-order valence-corrected chi connectivity index (χ4v) is 5.83. The maximum absolute atomic E-state index is 13.4. The molecular formula is C23H31N7O5S. The van der Waals surface area contributed by atoms with Crippen LogP contribution in [-0.4, -0.2) is 64.7 Å². The van der Waals surface area contributed by atoms with Gasteiger partial charge in [-0.25, -0.2) is 18.0 Å². The largest absolute Gasteiger partial charge is 0.481 e. The molecule has 0 amide bonds. The maximum atomic E-state index is 13.4. The van der Waals surface area contributed by atoms with Crippen LogP contribution in [0.25, 0.3) is 17.2 Å². The molecule has 36 heavy (non-hydrogen) atoms. The predicted molar refractivity (Wildman–Crippen MR) is 133 cm³/mol. The minimum Gasteiger partial charge on any atom is -0.481 e. The van der Waals surface area contributed by atoms with E-state index in [1.165, 1.54) is 32.2 Å². The summed E-state index contributed by atoms with van der Waals surface area (Å²) in [5.41, 5.74) is 0.865. The van der Waals surface area contributed by atoms with Gasteiger partial charge in [0.2, 0.25) is 33.6 Å². The van der Waals surface area contributed by atoms with Crippen molar-refractivity contribution in [3.05, 3.63) is 24.5 Å². The van der Waals surface area contributed by atoms with Gasteiger partial charge in [-0.3, -0.25) is 4.72 Å². The average Bonchev–Trinajstić information content (AvgIpc) is 3.24. The lowest BCUT2D eigenvalue weighted by Crippen LogP contribution is -2.36. The Hall–Kier alpha value is -3.48. The summed E-state index contributed by atoms with van der Waals surface area (Å²) in [4.78, 5) is 12.8. The van der Waals surface area contributed by atoms with E-state index >= 15 is 0 Å². The molecular weight excluding hydrogens is 486 g/mol. The third-order valence-electron chi connectivity index (χ3n) is 6.30. The molecule has 1 atom stereocenters. The van der Waals surface area contributed by atoms with E-state index < -0.39 is 15.3 Å². The smallest absolute Gasteiger partial charge is 0.245 e. The number of sulfonamides is 1. The summed E-state index contributed by atoms with van der Waals surface area (Å²) >= 11 is 0. The molecule has 1 saturated carbocycles. The second-order valence-electron chi connectivity index (χ2n) is 9.62. The number of hydrogen-bond acceptors (Lipinski definition) is 10. The van der Waals surface area contributed by atoms with E-state index in [0.29, 0.717) is 23.9 Å². The Bertz CT molecular complexity index is 1310. The zero-order valence-electron chi connectivity index (χ0n) is 21.2. The third kappa shape index (κ3) is 5.06. The normalized spacial score (nSPS) is 16.2. The first-order valence-corrected chi connectivity index (χ1v) is 13.0. The SMILES string of the molecule is COc1cccc(-c2nnc(NS(=O)(=O)[C@@H](C)CC3CC(C)(C)C3)n2-c2c(OC)ncnc2OC)n1. The Kier molecular flexibility index (Phi) is 7.03. The van der Waals surface area contributed by atoms with Gasteiger partial charge in [-0.05, 0) is 43.6 Å². The summed E-state index contributed by atoms with van der Waals surface area (Å²) in [6, 6.07) is 5.12. The molecule has 0 bridgehead atoms. The molecule has 1 fully saturated rings. The Morgan fingerprint density at radius 2 is 1.75 bits per heavy atom. The van der Waals surface area contributed by atoms with Gasteiger partial charge in [0.15, 0.2) is 11.5 Å². The molecule has 0 spiro atoms. The Morgan fingerprint density at radius 3 is 2.33 bits per heavy atom. The first-order valence-electron chi connectivity index (χ1n) is 11.5. The van der Waals surface area contributed by atoms with Crippen molar-refractivity contribution in [3.8, 4) is 34.8 Å². The van der Waals surface area contributed by atoms with Crippen molar-refractivity contribution < 1.29 is 22.6 Å². The first-order chi connectivity index (χ1) is 17.1. The highest BCUT2D eigenvalue weighted by molar-refractivity contribution is 7.93. The van der Waals surface area contributed by atoms with Gasteiger partial charge in [0, 0.05) is 6.07 Å². The van der Waals surface area contributed by atoms with Gasteiger partial charge in [0.1, 0.15) is 12.0 Å². The number of methoxy groups -OCH3 is 3. The lowest BCUT2D eigenvalue weighted by Gasteiger charge is -2.43. The van der Waals surface area contributed by atoms with E-state index in [2.05, 4.69) is 43.7 Å². The summed E-state index contributed by atoms with van der Waals surface area (Å²) in [7, 11) is 0.555. The molecule has 0 unspecified atom stereocenters. The van der Waals surface area contributed by atoms with Crippen LogP contribution in [-0.2, 0) is 10.0 Å². The minimum atomic E-state index is -3.81. The van der Waals surface area contributed by atoms with Gasteiger partial charge >= 0.3 is 0 Å². The van der Waals surface area contributed by atoms with Crippen molar-refractivity contribution in [2.24, 2.45) is 11.3 Å². The van der Waals surface area contributed by atoms with Crippen molar-refractivity contribution in [2.45, 2.75) is 45.3 Å². The highest BCUT2D eigenvalue weighted by Gasteiger charge is 2.39. The monoisotopic (exact) mass is 517 g/mol. The molecule has 194 valence electrons. The van der Waals surface area contributed by atoms with Crippen LogP contribution in [0.5, 0.6) is 17.6 Å². The molecule has 3 aromatic rings. The third-order valence-corrected chi connectivity index (χ3v) is 8.02. The fraction of sp³-hybridized carbons (Fsp3) is 0.522. The second-order valence-corrected chi connectivity index (χ2v) is 11.7. The molecule has 0 aliphatic heterocycles. The zero-order chi connectivity index (χ0) is 26.1. The standard InChI is InChI=1S/C23H31N7O5S/c1-14(10-15-11-23(2,3)12-15)36(31,32)29-22-28-27-19(16-8-7-9-17(26-16)33-4)30(22)18-20(34-5)24-13-25-21(18)35-6/h7-9,13-15H,10-12H2,1-6H3,(H,28,29)/t14-/m0/s1. The van der Waals surface area contributed by atoms with Crippen LogP contribution in [0.15, 0.2) is 24.5 Å². The van der Waals surface area contributed by atoms with Crippen LogP contribution in [0.4, 0.5) is 5.95 Å². The van der Waals surface area contributed by atoms with Crippen LogP contribution >= 0.6 is 0 Å². The molecule has 0 saturated heterocycles. The van der Waals surface area contributed by atoms with E-state index in [1.54, 1.807) is 25.1 Å². The van der Waals surface area contributed by atoms with Crippen LogP contribution in [0, 0.1) is 11.3 Å². The molecule has 3 aromatic heterocycles. The van der Waals surface area contributed by atoms with Crippen molar-refractivity contribution in [1.82, 2.24) is 29.7 Å². The van der Waals surface area contributed by atoms with Gasteiger partial charge in [-0.15, -0.1) is 10.2 Å². The van der Waals surface area contributed by atoms with E-state index in [9.17, 15) is 8.42 Å². The van der Waals surface area contributed by atoms with Crippen molar-refractivity contribution >= 4 is 16.0 Å². The Morgan fingerprint density at radius 1 is 1.08 bits per heavy atom. The molecule has 1 N–H and O–H groups in total. The van der Waals surface area contributed by atoms with Gasteiger partial charge in [0.25, 0.3) is 0 Å². The summed E-state index contributed by atoms with van der Waals surface area (Å²) in [6.07, 6.45) is 3.84. The number of pyridine rings is 1. The van der Waals surface area contributed by atoms with E-state index in [0.717, 1.165) is 12.8 Å². The van der Waals surface area contributed by atoms with Crippen LogP contribution in [0.2, 0.25) is 0 Å². The van der Waals surface area contributed by atoms with Gasteiger partial charge < -0.3 is 14.2 Å². The van der Waals surface area contributed by atoms with Crippen molar-refractivity contribution in [3.63, 3.8) is 0 Å². The van der Waals surface area contributed by atoms with Crippen LogP contribution in [0.1, 0.15) is 40.0 Å². The number of rotatable bonds is 10. The maximum Gasteiger partial charge on any atom is 0.245 e. The second kappa shape index (κ2) is 9.88. The molecule has 13 heteroatoms. The van der Waals surface area contributed by atoms with Gasteiger partial charge in [-0.1, -0.05) is 19.9 Å².